The summed E-state index contributed by atoms with van der Waals surface area (Å²) in [5, 5.41) is 5.89. The van der Waals surface area contributed by atoms with Crippen LogP contribution >= 0.6 is 0 Å². The van der Waals surface area contributed by atoms with E-state index in [-0.39, 0.29) is 11.9 Å². The van der Waals surface area contributed by atoms with Crippen molar-refractivity contribution >= 4 is 17.6 Å². The summed E-state index contributed by atoms with van der Waals surface area (Å²) in [5.41, 5.74) is 1.77. The molecule has 0 aliphatic heterocycles. The highest BCUT2D eigenvalue weighted by Crippen LogP contribution is 2.14. The van der Waals surface area contributed by atoms with E-state index in [2.05, 4.69) is 15.4 Å². The smallest absolute Gasteiger partial charge is 0.306 e. The van der Waals surface area contributed by atoms with Crippen molar-refractivity contribution in [3.8, 4) is 0 Å². The molecular formula is C13H18N2O3. The number of benzene rings is 1. The number of nitrogens with one attached hydrogen (secondary N) is 2. The molecule has 1 aromatic carbocycles. The molecule has 0 fully saturated rings. The van der Waals surface area contributed by atoms with Crippen molar-refractivity contribution in [2.45, 2.75) is 19.9 Å². The summed E-state index contributed by atoms with van der Waals surface area (Å²) < 4.78 is 4.54. The van der Waals surface area contributed by atoms with Crippen LogP contribution in [0.15, 0.2) is 24.3 Å². The first-order valence-corrected chi connectivity index (χ1v) is 5.76. The summed E-state index contributed by atoms with van der Waals surface area (Å²) in [6, 6.07) is 7.54. The monoisotopic (exact) mass is 250 g/mol. The Kier molecular flexibility index (Phi) is 5.87. The second kappa shape index (κ2) is 7.45. The first kappa shape index (κ1) is 14.2. The minimum Gasteiger partial charge on any atom is -0.469 e. The number of para-hydroxylation sites is 1. The highest BCUT2D eigenvalue weighted by molar-refractivity contribution is 5.89. The fourth-order valence-electron chi connectivity index (χ4n) is 1.50. The summed E-state index contributed by atoms with van der Waals surface area (Å²) in [6.07, 6.45) is 0.332. The van der Waals surface area contributed by atoms with Crippen LogP contribution in [0.4, 0.5) is 5.69 Å². The summed E-state index contributed by atoms with van der Waals surface area (Å²) in [4.78, 5) is 21.9. The van der Waals surface area contributed by atoms with E-state index < -0.39 is 0 Å². The van der Waals surface area contributed by atoms with Crippen LogP contribution in [-0.4, -0.2) is 25.5 Å². The van der Waals surface area contributed by atoms with Crippen molar-refractivity contribution in [2.75, 3.05) is 19.0 Å². The third-order valence-corrected chi connectivity index (χ3v) is 2.38. The maximum absolute atomic E-state index is 11.0. The largest absolute Gasteiger partial charge is 0.469 e. The van der Waals surface area contributed by atoms with Crippen LogP contribution in [0.2, 0.25) is 0 Å². The Bertz CT molecular complexity index is 418. The Hall–Kier alpha value is -1.88. The van der Waals surface area contributed by atoms with E-state index in [1.54, 1.807) is 0 Å². The Morgan fingerprint density at radius 3 is 2.67 bits per heavy atom. The molecule has 0 aliphatic carbocycles. The Morgan fingerprint density at radius 1 is 1.28 bits per heavy atom. The van der Waals surface area contributed by atoms with Crippen molar-refractivity contribution in [1.29, 1.82) is 0 Å². The third-order valence-electron chi connectivity index (χ3n) is 2.38. The fourth-order valence-corrected chi connectivity index (χ4v) is 1.50. The molecule has 0 spiro atoms. The maximum atomic E-state index is 11.0. The molecule has 0 aromatic heterocycles. The normalized spacial score (nSPS) is 9.89. The van der Waals surface area contributed by atoms with Crippen molar-refractivity contribution in [1.82, 2.24) is 5.32 Å². The van der Waals surface area contributed by atoms with Crippen molar-refractivity contribution < 1.29 is 14.3 Å². The number of ether oxygens (including phenoxy) is 1. The molecule has 0 bridgehead atoms. The van der Waals surface area contributed by atoms with E-state index in [0.717, 1.165) is 11.3 Å². The molecule has 1 amide bonds. The number of rotatable bonds is 6. The van der Waals surface area contributed by atoms with E-state index in [1.165, 1.54) is 14.0 Å². The lowest BCUT2D eigenvalue weighted by atomic mass is 10.1. The van der Waals surface area contributed by atoms with E-state index in [1.807, 2.05) is 24.3 Å². The number of anilines is 1. The van der Waals surface area contributed by atoms with Crippen LogP contribution in [-0.2, 0) is 20.9 Å². The van der Waals surface area contributed by atoms with Crippen molar-refractivity contribution in [3.05, 3.63) is 29.8 Å². The van der Waals surface area contributed by atoms with Gasteiger partial charge in [-0.15, -0.1) is 0 Å². The van der Waals surface area contributed by atoms with Crippen LogP contribution in [0.3, 0.4) is 0 Å². The summed E-state index contributed by atoms with van der Waals surface area (Å²) in [6.45, 7) is 2.61. The topological polar surface area (TPSA) is 67.4 Å². The minimum atomic E-state index is -0.238. The standard InChI is InChI=1S/C13H18N2O3/c1-10(16)15-12-6-4-3-5-11(12)9-14-8-7-13(17)18-2/h3-6,14H,7-9H2,1-2H3,(H,15,16). The first-order chi connectivity index (χ1) is 8.63. The van der Waals surface area contributed by atoms with Gasteiger partial charge in [-0.3, -0.25) is 9.59 Å². The molecule has 1 rings (SSSR count). The molecule has 0 saturated heterocycles. The van der Waals surface area contributed by atoms with Gasteiger partial charge in [-0.2, -0.15) is 0 Å². The molecule has 0 radical (unpaired) electrons. The molecule has 2 N–H and O–H groups in total. The van der Waals surface area contributed by atoms with Gasteiger partial charge in [-0.1, -0.05) is 18.2 Å². The number of hydrogen-bond donors (Lipinski definition) is 2. The molecule has 18 heavy (non-hydrogen) atoms. The van der Waals surface area contributed by atoms with E-state index in [0.29, 0.717) is 19.5 Å². The predicted octanol–water partition coefficient (Wildman–Crippen LogP) is 1.30. The van der Waals surface area contributed by atoms with Crippen LogP contribution in [0, 0.1) is 0 Å². The lowest BCUT2D eigenvalue weighted by Crippen LogP contribution is -2.19. The van der Waals surface area contributed by atoms with Gasteiger partial charge in [0.25, 0.3) is 0 Å². The first-order valence-electron chi connectivity index (χ1n) is 5.76. The molecule has 0 saturated carbocycles. The Morgan fingerprint density at radius 2 is 2.00 bits per heavy atom. The summed E-state index contributed by atoms with van der Waals surface area (Å²) >= 11 is 0. The number of carbonyl (C=O) groups is 2. The fraction of sp³-hybridized carbons (Fsp3) is 0.385. The summed E-state index contributed by atoms with van der Waals surface area (Å²) in [7, 11) is 1.37. The molecule has 0 heterocycles. The highest BCUT2D eigenvalue weighted by atomic mass is 16.5. The maximum Gasteiger partial charge on any atom is 0.306 e. The number of amides is 1. The molecule has 0 atom stereocenters. The third kappa shape index (κ3) is 4.97. The van der Waals surface area contributed by atoms with Gasteiger partial charge in [0.15, 0.2) is 0 Å². The Balaban J connectivity index is 2.46. The van der Waals surface area contributed by atoms with Gasteiger partial charge in [0.2, 0.25) is 5.91 Å². The van der Waals surface area contributed by atoms with Gasteiger partial charge in [0, 0.05) is 25.7 Å². The quantitative estimate of drug-likeness (QED) is 0.590. The molecule has 1 aromatic rings. The van der Waals surface area contributed by atoms with E-state index in [9.17, 15) is 9.59 Å². The zero-order valence-corrected chi connectivity index (χ0v) is 10.7. The lowest BCUT2D eigenvalue weighted by Gasteiger charge is -2.10. The lowest BCUT2D eigenvalue weighted by molar-refractivity contribution is -0.140. The van der Waals surface area contributed by atoms with Gasteiger partial charge in [-0.25, -0.2) is 0 Å². The number of esters is 1. The number of carbonyl (C=O) groups excluding carboxylic acids is 2. The molecule has 98 valence electrons. The molecule has 5 nitrogen and oxygen atoms in total. The Labute approximate surface area is 107 Å². The number of methoxy groups -OCH3 is 1. The predicted molar refractivity (Wildman–Crippen MR) is 69.1 cm³/mol. The van der Waals surface area contributed by atoms with Gasteiger partial charge in [0.1, 0.15) is 0 Å². The van der Waals surface area contributed by atoms with Gasteiger partial charge >= 0.3 is 5.97 Å². The zero-order chi connectivity index (χ0) is 13.4. The molecular weight excluding hydrogens is 232 g/mol. The zero-order valence-electron chi connectivity index (χ0n) is 10.7. The minimum absolute atomic E-state index is 0.1000. The van der Waals surface area contributed by atoms with Gasteiger partial charge in [-0.05, 0) is 11.6 Å². The van der Waals surface area contributed by atoms with Crippen LogP contribution < -0.4 is 10.6 Å². The second-order valence-electron chi connectivity index (χ2n) is 3.84. The van der Waals surface area contributed by atoms with Crippen molar-refractivity contribution in [2.24, 2.45) is 0 Å². The van der Waals surface area contributed by atoms with E-state index >= 15 is 0 Å². The molecule has 0 unspecified atom stereocenters. The van der Waals surface area contributed by atoms with Gasteiger partial charge in [0.05, 0.1) is 13.5 Å². The summed E-state index contributed by atoms with van der Waals surface area (Å²) in [5.74, 6) is -0.338. The molecule has 5 heteroatoms. The molecule has 0 aliphatic rings. The average molecular weight is 250 g/mol. The van der Waals surface area contributed by atoms with Crippen LogP contribution in [0.25, 0.3) is 0 Å². The average Bonchev–Trinajstić information content (AvgIpc) is 2.35. The SMILES string of the molecule is COC(=O)CCNCc1ccccc1NC(C)=O. The van der Waals surface area contributed by atoms with E-state index in [4.69, 9.17) is 0 Å². The van der Waals surface area contributed by atoms with Crippen LogP contribution in [0.1, 0.15) is 18.9 Å². The second-order valence-corrected chi connectivity index (χ2v) is 3.84. The van der Waals surface area contributed by atoms with Crippen molar-refractivity contribution in [3.63, 3.8) is 0 Å². The number of hydrogen-bond acceptors (Lipinski definition) is 4. The highest BCUT2D eigenvalue weighted by Gasteiger charge is 2.03. The van der Waals surface area contributed by atoms with Gasteiger partial charge < -0.3 is 15.4 Å². The van der Waals surface area contributed by atoms with Crippen LogP contribution in [0.5, 0.6) is 0 Å².